The number of hydrazine groups is 1. The van der Waals surface area contributed by atoms with Gasteiger partial charge in [-0.15, -0.1) is 0 Å². The molecule has 1 fully saturated rings. The van der Waals surface area contributed by atoms with Crippen molar-refractivity contribution in [2.45, 2.75) is 12.5 Å². The second kappa shape index (κ2) is 7.67. The summed E-state index contributed by atoms with van der Waals surface area (Å²) in [6, 6.07) is 14.3. The van der Waals surface area contributed by atoms with Gasteiger partial charge in [0.05, 0.1) is 0 Å². The summed E-state index contributed by atoms with van der Waals surface area (Å²) in [5.41, 5.74) is 1.47. The van der Waals surface area contributed by atoms with Crippen LogP contribution in [0, 0.1) is 0 Å². The number of ether oxygens (including phenoxy) is 1. The van der Waals surface area contributed by atoms with Crippen molar-refractivity contribution in [3.05, 3.63) is 59.1 Å². The van der Waals surface area contributed by atoms with Crippen molar-refractivity contribution in [1.82, 2.24) is 15.8 Å². The highest BCUT2D eigenvalue weighted by Crippen LogP contribution is 2.19. The third-order valence-electron chi connectivity index (χ3n) is 3.85. The molecule has 8 nitrogen and oxygen atoms in total. The minimum Gasteiger partial charge on any atom is -0.491 e. The Morgan fingerprint density at radius 2 is 1.81 bits per heavy atom. The summed E-state index contributed by atoms with van der Waals surface area (Å²) in [5.74, 6) is -0.0467. The Kier molecular flexibility index (Phi) is 5.31. The smallest absolute Gasteiger partial charge is 0.344 e. The van der Waals surface area contributed by atoms with Crippen LogP contribution < -0.4 is 20.8 Å². The van der Waals surface area contributed by atoms with Crippen molar-refractivity contribution in [1.29, 1.82) is 0 Å². The van der Waals surface area contributed by atoms with Crippen LogP contribution in [-0.4, -0.2) is 35.1 Å². The molecule has 0 bridgehead atoms. The topological polar surface area (TPSA) is 99.8 Å². The minimum atomic E-state index is -1.29. The highest BCUT2D eigenvalue weighted by molar-refractivity contribution is 9.10. The molecule has 0 aliphatic carbocycles. The fraction of sp³-hybridized carbons (Fsp3) is 0.167. The van der Waals surface area contributed by atoms with Crippen molar-refractivity contribution in [3.63, 3.8) is 0 Å². The van der Waals surface area contributed by atoms with Crippen LogP contribution in [0.2, 0.25) is 0 Å². The van der Waals surface area contributed by atoms with Crippen LogP contribution in [0.1, 0.15) is 6.92 Å². The number of anilines is 1. The van der Waals surface area contributed by atoms with Gasteiger partial charge in [-0.2, -0.15) is 5.01 Å². The van der Waals surface area contributed by atoms with E-state index in [-0.39, 0.29) is 6.61 Å². The maximum absolute atomic E-state index is 12.6. The number of carbonyl (C=O) groups is 3. The van der Waals surface area contributed by atoms with Gasteiger partial charge in [-0.1, -0.05) is 34.1 Å². The molecule has 1 unspecified atom stereocenters. The van der Waals surface area contributed by atoms with Gasteiger partial charge >= 0.3 is 12.1 Å². The maximum atomic E-state index is 12.6. The maximum Gasteiger partial charge on any atom is 0.344 e. The molecule has 1 heterocycles. The average molecular weight is 433 g/mol. The van der Waals surface area contributed by atoms with Crippen LogP contribution in [0.25, 0.3) is 0 Å². The summed E-state index contributed by atoms with van der Waals surface area (Å²) in [7, 11) is 0. The number of halogens is 1. The summed E-state index contributed by atoms with van der Waals surface area (Å²) in [5, 5.41) is 5.73. The van der Waals surface area contributed by atoms with Gasteiger partial charge < -0.3 is 15.4 Å². The second-order valence-electron chi connectivity index (χ2n) is 6.08. The lowest BCUT2D eigenvalue weighted by Gasteiger charge is -2.22. The Bertz CT molecular complexity index is 859. The van der Waals surface area contributed by atoms with Crippen molar-refractivity contribution in [2.75, 3.05) is 11.9 Å². The Hall–Kier alpha value is -3.07. The molecule has 9 heteroatoms. The molecule has 1 aliphatic rings. The molecule has 0 aromatic heterocycles. The Morgan fingerprint density at radius 1 is 1.15 bits per heavy atom. The molecule has 5 amide bonds. The number of imide groups is 1. The molecule has 2 aromatic carbocycles. The summed E-state index contributed by atoms with van der Waals surface area (Å²) >= 11 is 3.30. The fourth-order valence-electron chi connectivity index (χ4n) is 2.42. The summed E-state index contributed by atoms with van der Waals surface area (Å²) < 4.78 is 6.43. The molecule has 1 aliphatic heterocycles. The number of amides is 5. The molecule has 0 radical (unpaired) electrons. The lowest BCUT2D eigenvalue weighted by Crippen LogP contribution is -2.52. The Labute approximate surface area is 164 Å². The molecule has 2 aromatic rings. The number of urea groups is 2. The zero-order valence-corrected chi connectivity index (χ0v) is 15.9. The molecule has 3 rings (SSSR count). The van der Waals surface area contributed by atoms with E-state index >= 15 is 0 Å². The van der Waals surface area contributed by atoms with Gasteiger partial charge in [0.15, 0.2) is 5.54 Å². The van der Waals surface area contributed by atoms with Gasteiger partial charge in [0.2, 0.25) is 0 Å². The highest BCUT2D eigenvalue weighted by Gasteiger charge is 2.49. The van der Waals surface area contributed by atoms with Crippen molar-refractivity contribution >= 4 is 39.6 Å². The van der Waals surface area contributed by atoms with Gasteiger partial charge in [-0.05, 0) is 43.3 Å². The zero-order valence-electron chi connectivity index (χ0n) is 14.4. The van der Waals surface area contributed by atoms with Gasteiger partial charge in [0.25, 0.3) is 5.91 Å². The first-order chi connectivity index (χ1) is 12.9. The molecule has 27 heavy (non-hydrogen) atoms. The number of hydrogen-bond acceptors (Lipinski definition) is 4. The third kappa shape index (κ3) is 4.37. The second-order valence-corrected chi connectivity index (χ2v) is 6.99. The van der Waals surface area contributed by atoms with E-state index in [4.69, 9.17) is 4.74 Å². The van der Waals surface area contributed by atoms with Crippen LogP contribution in [0.5, 0.6) is 5.75 Å². The van der Waals surface area contributed by atoms with Crippen LogP contribution in [0.15, 0.2) is 59.1 Å². The molecular formula is C18H17BrN4O4. The van der Waals surface area contributed by atoms with Crippen molar-refractivity contribution in [3.8, 4) is 5.75 Å². The summed E-state index contributed by atoms with van der Waals surface area (Å²) in [6.07, 6.45) is 0. The predicted octanol–water partition coefficient (Wildman–Crippen LogP) is 2.88. The normalized spacial score (nSPS) is 18.8. The fourth-order valence-corrected chi connectivity index (χ4v) is 2.69. The number of benzene rings is 2. The van der Waals surface area contributed by atoms with E-state index in [0.29, 0.717) is 16.4 Å². The third-order valence-corrected chi connectivity index (χ3v) is 4.38. The molecule has 1 atom stereocenters. The quantitative estimate of drug-likeness (QED) is 0.632. The van der Waals surface area contributed by atoms with Crippen LogP contribution >= 0.6 is 15.9 Å². The first-order valence-electron chi connectivity index (χ1n) is 8.05. The van der Waals surface area contributed by atoms with Gasteiger partial charge in [0.1, 0.15) is 12.4 Å². The molecule has 0 saturated carbocycles. The monoisotopic (exact) mass is 432 g/mol. The SMILES string of the molecule is CC1(COc2ccccc2)NC(=O)N(NC(=O)Nc2ccc(Br)cc2)C1=O. The lowest BCUT2D eigenvalue weighted by molar-refractivity contribution is -0.133. The molecule has 3 N–H and O–H groups in total. The Morgan fingerprint density at radius 3 is 2.48 bits per heavy atom. The lowest BCUT2D eigenvalue weighted by atomic mass is 10.1. The first-order valence-corrected chi connectivity index (χ1v) is 8.84. The van der Waals surface area contributed by atoms with E-state index < -0.39 is 23.5 Å². The highest BCUT2D eigenvalue weighted by atomic mass is 79.9. The van der Waals surface area contributed by atoms with E-state index in [0.717, 1.165) is 4.47 Å². The number of nitrogens with one attached hydrogen (secondary N) is 3. The molecule has 140 valence electrons. The molecule has 0 spiro atoms. The number of para-hydroxylation sites is 1. The van der Waals surface area contributed by atoms with E-state index in [9.17, 15) is 14.4 Å². The molecule has 1 saturated heterocycles. The van der Waals surface area contributed by atoms with Gasteiger partial charge in [0, 0.05) is 10.2 Å². The van der Waals surface area contributed by atoms with E-state index in [1.807, 2.05) is 6.07 Å². The van der Waals surface area contributed by atoms with Crippen LogP contribution in [0.3, 0.4) is 0 Å². The minimum absolute atomic E-state index is 0.0753. The molecular weight excluding hydrogens is 416 g/mol. The number of rotatable bonds is 5. The van der Waals surface area contributed by atoms with Crippen LogP contribution in [-0.2, 0) is 4.79 Å². The van der Waals surface area contributed by atoms with Gasteiger partial charge in [-0.3, -0.25) is 4.79 Å². The first kappa shape index (κ1) is 18.7. The Balaban J connectivity index is 1.61. The average Bonchev–Trinajstić information content (AvgIpc) is 2.86. The van der Waals surface area contributed by atoms with Gasteiger partial charge in [-0.25, -0.2) is 15.0 Å². The predicted molar refractivity (Wildman–Crippen MR) is 102 cm³/mol. The number of hydrogen-bond donors (Lipinski definition) is 3. The largest absolute Gasteiger partial charge is 0.491 e. The van der Waals surface area contributed by atoms with E-state index in [1.54, 1.807) is 48.5 Å². The summed E-state index contributed by atoms with van der Waals surface area (Å²) in [4.78, 5) is 36.8. The van der Waals surface area contributed by atoms with E-state index in [1.165, 1.54) is 6.92 Å². The standard InChI is InChI=1S/C18H17BrN4O4/c1-18(11-27-14-5-3-2-4-6-14)15(24)23(17(26)21-18)22-16(25)20-13-9-7-12(19)8-10-13/h2-10H,11H2,1H3,(H,21,26)(H2,20,22,25). The number of nitrogens with zero attached hydrogens (tertiary/aromatic N) is 1. The van der Waals surface area contributed by atoms with Crippen molar-refractivity contribution < 1.29 is 19.1 Å². The van der Waals surface area contributed by atoms with E-state index in [2.05, 4.69) is 32.0 Å². The zero-order chi connectivity index (χ0) is 19.4. The van der Waals surface area contributed by atoms with Crippen LogP contribution in [0.4, 0.5) is 15.3 Å². The van der Waals surface area contributed by atoms with Crippen molar-refractivity contribution in [2.24, 2.45) is 0 Å². The summed E-state index contributed by atoms with van der Waals surface area (Å²) in [6.45, 7) is 1.46. The number of carbonyl (C=O) groups excluding carboxylic acids is 3.